The predicted octanol–water partition coefficient (Wildman–Crippen LogP) is 0.0230. The lowest BCUT2D eigenvalue weighted by Crippen LogP contribution is -2.34. The Morgan fingerprint density at radius 3 is 1.85 bits per heavy atom. The molecule has 0 saturated heterocycles. The molecule has 0 aliphatic rings. The van der Waals surface area contributed by atoms with Crippen molar-refractivity contribution in [1.29, 1.82) is 0 Å². The van der Waals surface area contributed by atoms with Gasteiger partial charge in [0.15, 0.2) is 0 Å². The summed E-state index contributed by atoms with van der Waals surface area (Å²) in [5.41, 5.74) is 4.67. The number of primary amides is 1. The summed E-state index contributed by atoms with van der Waals surface area (Å²) in [4.78, 5) is 11.1. The van der Waals surface area contributed by atoms with Crippen LogP contribution in [0.5, 0.6) is 0 Å². The summed E-state index contributed by atoms with van der Waals surface area (Å²) in [5.74, 6) is -0.352. The maximum atomic E-state index is 11.1. The van der Waals surface area contributed by atoms with Crippen LogP contribution in [0.2, 0.25) is 0 Å². The first-order valence-electron chi connectivity index (χ1n) is 4.58. The largest absolute Gasteiger partial charge is 0.396 e. The number of rotatable bonds is 7. The van der Waals surface area contributed by atoms with Gasteiger partial charge in [-0.05, 0) is 25.7 Å². The number of nitrogens with two attached hydrogens (primary N) is 1. The van der Waals surface area contributed by atoms with Crippen LogP contribution in [0, 0.1) is 5.41 Å². The molecular weight excluding hydrogens is 170 g/mol. The van der Waals surface area contributed by atoms with Crippen LogP contribution < -0.4 is 5.73 Å². The number of carbonyl (C=O) groups excluding carboxylic acids is 1. The summed E-state index contributed by atoms with van der Waals surface area (Å²) in [7, 11) is 0. The van der Waals surface area contributed by atoms with Crippen molar-refractivity contribution in [2.45, 2.75) is 32.6 Å². The zero-order chi connectivity index (χ0) is 10.3. The van der Waals surface area contributed by atoms with Crippen molar-refractivity contribution in [3.8, 4) is 0 Å². The minimum absolute atomic E-state index is 0.0714. The van der Waals surface area contributed by atoms with Crippen molar-refractivity contribution < 1.29 is 15.0 Å². The Hall–Kier alpha value is -0.610. The molecule has 0 aliphatic heterocycles. The van der Waals surface area contributed by atoms with Gasteiger partial charge in [0, 0.05) is 18.6 Å². The first kappa shape index (κ1) is 12.4. The van der Waals surface area contributed by atoms with Crippen molar-refractivity contribution in [3.63, 3.8) is 0 Å². The third kappa shape index (κ3) is 4.24. The summed E-state index contributed by atoms with van der Waals surface area (Å²) in [6.45, 7) is 1.92. The molecule has 4 N–H and O–H groups in total. The van der Waals surface area contributed by atoms with E-state index in [0.717, 1.165) is 0 Å². The molecule has 0 heterocycles. The number of hydrogen-bond acceptors (Lipinski definition) is 3. The zero-order valence-electron chi connectivity index (χ0n) is 8.12. The number of amides is 1. The van der Waals surface area contributed by atoms with E-state index in [9.17, 15) is 4.79 Å². The van der Waals surface area contributed by atoms with Crippen LogP contribution in [-0.4, -0.2) is 29.3 Å². The van der Waals surface area contributed by atoms with Crippen molar-refractivity contribution >= 4 is 5.91 Å². The molecule has 4 nitrogen and oxygen atoms in total. The van der Waals surface area contributed by atoms with Crippen LogP contribution in [0.25, 0.3) is 0 Å². The van der Waals surface area contributed by atoms with Gasteiger partial charge in [0.05, 0.1) is 0 Å². The molecule has 0 saturated carbocycles. The second-order valence-corrected chi connectivity index (χ2v) is 3.58. The minimum Gasteiger partial charge on any atom is -0.396 e. The van der Waals surface area contributed by atoms with Crippen LogP contribution in [0.15, 0.2) is 0 Å². The van der Waals surface area contributed by atoms with E-state index in [1.54, 1.807) is 6.92 Å². The standard InChI is InChI=1S/C9H19NO3/c1-9(8(10)13,4-2-6-11)5-3-7-12/h11-12H,2-7H2,1H3,(H2,10,13). The highest BCUT2D eigenvalue weighted by Crippen LogP contribution is 2.28. The van der Waals surface area contributed by atoms with E-state index in [2.05, 4.69) is 0 Å². The Morgan fingerprint density at radius 2 is 1.62 bits per heavy atom. The average molecular weight is 189 g/mol. The third-order valence-electron chi connectivity index (χ3n) is 2.37. The van der Waals surface area contributed by atoms with Crippen LogP contribution in [0.3, 0.4) is 0 Å². The number of aliphatic hydroxyl groups is 2. The highest BCUT2D eigenvalue weighted by Gasteiger charge is 2.29. The molecule has 0 aliphatic carbocycles. The topological polar surface area (TPSA) is 83.6 Å². The molecule has 0 spiro atoms. The molecule has 0 aromatic carbocycles. The summed E-state index contributed by atoms with van der Waals surface area (Å²) < 4.78 is 0. The lowest BCUT2D eigenvalue weighted by atomic mass is 9.80. The molecule has 0 fully saturated rings. The van der Waals surface area contributed by atoms with E-state index in [1.807, 2.05) is 0 Å². The van der Waals surface area contributed by atoms with Gasteiger partial charge < -0.3 is 15.9 Å². The Morgan fingerprint density at radius 1 is 1.23 bits per heavy atom. The molecular formula is C9H19NO3. The van der Waals surface area contributed by atoms with Gasteiger partial charge in [0.1, 0.15) is 0 Å². The molecule has 0 bridgehead atoms. The predicted molar refractivity (Wildman–Crippen MR) is 49.9 cm³/mol. The molecule has 0 aromatic rings. The van der Waals surface area contributed by atoms with Crippen molar-refractivity contribution in [2.75, 3.05) is 13.2 Å². The van der Waals surface area contributed by atoms with Gasteiger partial charge in [-0.15, -0.1) is 0 Å². The number of carbonyl (C=O) groups is 1. The summed E-state index contributed by atoms with van der Waals surface area (Å²) in [6.07, 6.45) is 2.31. The fraction of sp³-hybridized carbons (Fsp3) is 0.889. The van der Waals surface area contributed by atoms with Gasteiger partial charge in [0.2, 0.25) is 5.91 Å². The van der Waals surface area contributed by atoms with Gasteiger partial charge in [0.25, 0.3) is 0 Å². The maximum absolute atomic E-state index is 11.1. The number of hydrogen-bond donors (Lipinski definition) is 3. The molecule has 0 aromatic heterocycles. The quantitative estimate of drug-likeness (QED) is 0.528. The Bertz CT molecular complexity index is 151. The molecule has 0 radical (unpaired) electrons. The van der Waals surface area contributed by atoms with Crippen LogP contribution in [-0.2, 0) is 4.79 Å². The lowest BCUT2D eigenvalue weighted by molar-refractivity contribution is -0.127. The molecule has 13 heavy (non-hydrogen) atoms. The first-order chi connectivity index (χ1) is 6.06. The van der Waals surface area contributed by atoms with Gasteiger partial charge in [-0.2, -0.15) is 0 Å². The van der Waals surface area contributed by atoms with Crippen LogP contribution in [0.1, 0.15) is 32.6 Å². The molecule has 0 unspecified atom stereocenters. The normalized spacial score (nSPS) is 11.6. The highest BCUT2D eigenvalue weighted by molar-refractivity contribution is 5.80. The zero-order valence-corrected chi connectivity index (χ0v) is 8.12. The molecule has 78 valence electrons. The Kier molecular flexibility index (Phi) is 5.66. The maximum Gasteiger partial charge on any atom is 0.223 e. The summed E-state index contributed by atoms with van der Waals surface area (Å²) in [6, 6.07) is 0. The molecule has 1 amide bonds. The highest BCUT2D eigenvalue weighted by atomic mass is 16.3. The van der Waals surface area contributed by atoms with Crippen molar-refractivity contribution in [1.82, 2.24) is 0 Å². The van der Waals surface area contributed by atoms with E-state index in [4.69, 9.17) is 15.9 Å². The molecule has 4 heteroatoms. The fourth-order valence-electron chi connectivity index (χ4n) is 1.31. The summed E-state index contributed by atoms with van der Waals surface area (Å²) in [5, 5.41) is 17.3. The van der Waals surface area contributed by atoms with Gasteiger partial charge >= 0.3 is 0 Å². The Balaban J connectivity index is 4.08. The number of aliphatic hydroxyl groups excluding tert-OH is 2. The second kappa shape index (κ2) is 5.94. The van der Waals surface area contributed by atoms with Crippen molar-refractivity contribution in [2.24, 2.45) is 11.1 Å². The van der Waals surface area contributed by atoms with Gasteiger partial charge in [-0.25, -0.2) is 0 Å². The van der Waals surface area contributed by atoms with E-state index < -0.39 is 5.41 Å². The van der Waals surface area contributed by atoms with Gasteiger partial charge in [-0.1, -0.05) is 6.92 Å². The smallest absolute Gasteiger partial charge is 0.223 e. The average Bonchev–Trinajstić information content (AvgIpc) is 2.11. The SMILES string of the molecule is CC(CCCO)(CCCO)C(N)=O. The Labute approximate surface area is 78.7 Å². The van der Waals surface area contributed by atoms with Crippen molar-refractivity contribution in [3.05, 3.63) is 0 Å². The molecule has 0 rings (SSSR count). The lowest BCUT2D eigenvalue weighted by Gasteiger charge is -2.25. The monoisotopic (exact) mass is 189 g/mol. The molecule has 0 atom stereocenters. The second-order valence-electron chi connectivity index (χ2n) is 3.58. The van der Waals surface area contributed by atoms with E-state index in [-0.39, 0.29) is 19.1 Å². The van der Waals surface area contributed by atoms with E-state index in [0.29, 0.717) is 25.7 Å². The van der Waals surface area contributed by atoms with E-state index in [1.165, 1.54) is 0 Å². The fourth-order valence-corrected chi connectivity index (χ4v) is 1.31. The van der Waals surface area contributed by atoms with Gasteiger partial charge in [-0.3, -0.25) is 4.79 Å². The van der Waals surface area contributed by atoms with Crippen LogP contribution in [0.4, 0.5) is 0 Å². The van der Waals surface area contributed by atoms with E-state index >= 15 is 0 Å². The minimum atomic E-state index is -0.578. The van der Waals surface area contributed by atoms with Crippen LogP contribution >= 0.6 is 0 Å². The third-order valence-corrected chi connectivity index (χ3v) is 2.37. The first-order valence-corrected chi connectivity index (χ1v) is 4.58. The summed E-state index contributed by atoms with van der Waals surface area (Å²) >= 11 is 0.